The molecule has 0 aromatic carbocycles. The van der Waals surface area contributed by atoms with Crippen LogP contribution in [0.15, 0.2) is 12.4 Å². The average molecular weight is 114 g/mol. The van der Waals surface area contributed by atoms with Gasteiger partial charge in [-0.15, -0.1) is 0 Å². The van der Waals surface area contributed by atoms with Gasteiger partial charge in [0.2, 0.25) is 0 Å². The molecule has 0 amide bonds. The second-order valence-electron chi connectivity index (χ2n) is 1.56. The summed E-state index contributed by atoms with van der Waals surface area (Å²) in [6, 6.07) is 0. The van der Waals surface area contributed by atoms with Crippen LogP contribution >= 0.6 is 0 Å². The third kappa shape index (κ3) is 2.50. The second-order valence-corrected chi connectivity index (χ2v) is 1.56. The zero-order chi connectivity index (χ0) is 6.41. The van der Waals surface area contributed by atoms with Crippen LogP contribution in [0.2, 0.25) is 0 Å². The van der Waals surface area contributed by atoms with E-state index in [-0.39, 0.29) is 0 Å². The highest BCUT2D eigenvalue weighted by Gasteiger charge is 1.85. The fourth-order valence-corrected chi connectivity index (χ4v) is 0.556. The summed E-state index contributed by atoms with van der Waals surface area (Å²) >= 11 is 0. The van der Waals surface area contributed by atoms with Crippen molar-refractivity contribution in [2.24, 2.45) is 5.73 Å². The van der Waals surface area contributed by atoms with E-state index >= 15 is 0 Å². The first-order chi connectivity index (χ1) is 3.85. The first-order valence-corrected chi connectivity index (χ1v) is 2.97. The summed E-state index contributed by atoms with van der Waals surface area (Å²) < 4.78 is 0. The summed E-state index contributed by atoms with van der Waals surface area (Å²) in [7, 11) is 0. The van der Waals surface area contributed by atoms with Crippen LogP contribution in [0.1, 0.15) is 13.8 Å². The molecule has 0 aromatic rings. The summed E-state index contributed by atoms with van der Waals surface area (Å²) in [4.78, 5) is 2.12. The highest BCUT2D eigenvalue weighted by Crippen LogP contribution is 1.84. The van der Waals surface area contributed by atoms with Crippen molar-refractivity contribution in [1.29, 1.82) is 0 Å². The Hall–Kier alpha value is -0.660. The van der Waals surface area contributed by atoms with Crippen molar-refractivity contribution < 1.29 is 0 Å². The van der Waals surface area contributed by atoms with Crippen LogP contribution < -0.4 is 5.73 Å². The van der Waals surface area contributed by atoms with E-state index in [2.05, 4.69) is 18.7 Å². The van der Waals surface area contributed by atoms with Gasteiger partial charge >= 0.3 is 0 Å². The zero-order valence-electron chi connectivity index (χ0n) is 5.59. The van der Waals surface area contributed by atoms with E-state index in [0.29, 0.717) is 0 Å². The Morgan fingerprint density at radius 2 is 1.88 bits per heavy atom. The van der Waals surface area contributed by atoms with Crippen LogP contribution in [0.25, 0.3) is 0 Å². The predicted octanol–water partition coefficient (Wildman–Crippen LogP) is 0.758. The molecule has 0 saturated heterocycles. The molecular weight excluding hydrogens is 100 g/mol. The van der Waals surface area contributed by atoms with E-state index in [1.807, 2.05) is 6.20 Å². The van der Waals surface area contributed by atoms with Crippen LogP contribution in [-0.2, 0) is 0 Å². The van der Waals surface area contributed by atoms with Gasteiger partial charge < -0.3 is 10.6 Å². The fourth-order valence-electron chi connectivity index (χ4n) is 0.556. The molecule has 2 heteroatoms. The number of hydrogen-bond acceptors (Lipinski definition) is 2. The molecule has 0 fully saturated rings. The Balaban J connectivity index is 3.36. The quantitative estimate of drug-likeness (QED) is 0.587. The molecule has 0 unspecified atom stereocenters. The number of rotatable bonds is 3. The lowest BCUT2D eigenvalue weighted by molar-refractivity contribution is 0.418. The summed E-state index contributed by atoms with van der Waals surface area (Å²) in [6.07, 6.45) is 3.45. The van der Waals surface area contributed by atoms with Gasteiger partial charge in [-0.25, -0.2) is 0 Å². The van der Waals surface area contributed by atoms with Gasteiger partial charge in [0.15, 0.2) is 0 Å². The van der Waals surface area contributed by atoms with Crippen LogP contribution in [0.3, 0.4) is 0 Å². The Morgan fingerprint density at radius 1 is 1.38 bits per heavy atom. The van der Waals surface area contributed by atoms with Gasteiger partial charge in [-0.2, -0.15) is 0 Å². The third-order valence-electron chi connectivity index (χ3n) is 1.11. The van der Waals surface area contributed by atoms with Crippen molar-refractivity contribution in [3.8, 4) is 0 Å². The van der Waals surface area contributed by atoms with Crippen molar-refractivity contribution in [3.63, 3.8) is 0 Å². The van der Waals surface area contributed by atoms with Crippen LogP contribution in [0, 0.1) is 0 Å². The first-order valence-electron chi connectivity index (χ1n) is 2.97. The largest absolute Gasteiger partial charge is 0.403 e. The molecule has 0 spiro atoms. The molecule has 2 N–H and O–H groups in total. The van der Waals surface area contributed by atoms with Crippen molar-refractivity contribution >= 4 is 0 Å². The van der Waals surface area contributed by atoms with E-state index < -0.39 is 0 Å². The Kier molecular flexibility index (Phi) is 4.13. The van der Waals surface area contributed by atoms with E-state index in [4.69, 9.17) is 5.73 Å². The summed E-state index contributed by atoms with van der Waals surface area (Å²) in [6.45, 7) is 6.27. The maximum absolute atomic E-state index is 5.16. The van der Waals surface area contributed by atoms with Crippen molar-refractivity contribution in [1.82, 2.24) is 4.90 Å². The zero-order valence-corrected chi connectivity index (χ0v) is 5.59. The van der Waals surface area contributed by atoms with Crippen molar-refractivity contribution in [3.05, 3.63) is 12.4 Å². The highest BCUT2D eigenvalue weighted by molar-refractivity contribution is 4.74. The molecule has 0 atom stereocenters. The Labute approximate surface area is 51.0 Å². The minimum atomic E-state index is 1.03. The smallest absolute Gasteiger partial charge is 0.0148 e. The maximum Gasteiger partial charge on any atom is 0.0148 e. The summed E-state index contributed by atoms with van der Waals surface area (Å²) in [5.74, 6) is 0. The SMILES string of the molecule is CCN(/C=C/N)CC. The van der Waals surface area contributed by atoms with E-state index in [9.17, 15) is 0 Å². The maximum atomic E-state index is 5.16. The lowest BCUT2D eigenvalue weighted by Crippen LogP contribution is -2.15. The Bertz CT molecular complexity index is 64.9. The Morgan fingerprint density at radius 3 is 2.00 bits per heavy atom. The average Bonchev–Trinajstić information content (AvgIpc) is 1.83. The van der Waals surface area contributed by atoms with Gasteiger partial charge in [-0.3, -0.25) is 0 Å². The number of nitrogens with two attached hydrogens (primary N) is 1. The van der Waals surface area contributed by atoms with Gasteiger partial charge in [0.1, 0.15) is 0 Å². The molecule has 0 aliphatic heterocycles. The molecule has 48 valence electrons. The highest BCUT2D eigenvalue weighted by atomic mass is 15.1. The molecule has 0 aliphatic carbocycles. The fraction of sp³-hybridized carbons (Fsp3) is 0.667. The molecule has 2 nitrogen and oxygen atoms in total. The van der Waals surface area contributed by atoms with Gasteiger partial charge in [0.25, 0.3) is 0 Å². The minimum Gasteiger partial charge on any atom is -0.403 e. The topological polar surface area (TPSA) is 29.3 Å². The van der Waals surface area contributed by atoms with Gasteiger partial charge in [0.05, 0.1) is 0 Å². The van der Waals surface area contributed by atoms with Crippen LogP contribution in [0.4, 0.5) is 0 Å². The van der Waals surface area contributed by atoms with E-state index in [0.717, 1.165) is 13.1 Å². The predicted molar refractivity (Wildman–Crippen MR) is 36.2 cm³/mol. The van der Waals surface area contributed by atoms with Crippen molar-refractivity contribution in [2.45, 2.75) is 13.8 Å². The summed E-state index contributed by atoms with van der Waals surface area (Å²) in [5, 5.41) is 0. The normalized spacial score (nSPS) is 10.2. The molecule has 0 aromatic heterocycles. The van der Waals surface area contributed by atoms with E-state index in [1.54, 1.807) is 6.20 Å². The molecule has 0 saturated carbocycles. The monoisotopic (exact) mass is 114 g/mol. The third-order valence-corrected chi connectivity index (χ3v) is 1.11. The lowest BCUT2D eigenvalue weighted by atomic mass is 10.5. The van der Waals surface area contributed by atoms with Crippen molar-refractivity contribution in [2.75, 3.05) is 13.1 Å². The van der Waals surface area contributed by atoms with Crippen LogP contribution in [0.5, 0.6) is 0 Å². The summed E-state index contributed by atoms with van der Waals surface area (Å²) in [5.41, 5.74) is 5.16. The minimum absolute atomic E-state index is 1.03. The first kappa shape index (κ1) is 7.34. The van der Waals surface area contributed by atoms with E-state index in [1.165, 1.54) is 0 Å². The van der Waals surface area contributed by atoms with Gasteiger partial charge in [-0.1, -0.05) is 0 Å². The molecule has 0 bridgehead atoms. The molecule has 0 aliphatic rings. The van der Waals surface area contributed by atoms with Gasteiger partial charge in [0, 0.05) is 25.5 Å². The van der Waals surface area contributed by atoms with Gasteiger partial charge in [-0.05, 0) is 13.8 Å². The second kappa shape index (κ2) is 4.50. The molecule has 0 heterocycles. The number of hydrogen-bond donors (Lipinski definition) is 1. The molecule has 8 heavy (non-hydrogen) atoms. The molecule has 0 radical (unpaired) electrons. The van der Waals surface area contributed by atoms with Crippen LogP contribution in [-0.4, -0.2) is 18.0 Å². The standard InChI is InChI=1S/C6H14N2/c1-3-8(4-2)6-5-7/h5-6H,3-4,7H2,1-2H3/b6-5+. The molecule has 0 rings (SSSR count). The lowest BCUT2D eigenvalue weighted by Gasteiger charge is -2.13. The molecular formula is C6H14N2. The number of nitrogens with zero attached hydrogens (tertiary/aromatic N) is 1.